The molecule has 0 saturated carbocycles. The maximum atomic E-state index is 2.40. The highest BCUT2D eigenvalue weighted by Crippen LogP contribution is 2.49. The van der Waals surface area contributed by atoms with Gasteiger partial charge in [0, 0.05) is 0 Å². The van der Waals surface area contributed by atoms with E-state index in [-0.39, 0.29) is 0 Å². The zero-order chi connectivity index (χ0) is 73.7. The van der Waals surface area contributed by atoms with Crippen molar-refractivity contribution >= 4 is 140 Å². The largest absolute Gasteiger partial charge is 0.0616 e. The van der Waals surface area contributed by atoms with Crippen molar-refractivity contribution in [2.75, 3.05) is 0 Å². The molecule has 0 nitrogen and oxygen atoms in total. The molecule has 0 fully saturated rings. The molecule has 0 aliphatic carbocycles. The van der Waals surface area contributed by atoms with Gasteiger partial charge < -0.3 is 0 Å². The Balaban J connectivity index is 0.000000138. The average Bonchev–Trinajstić information content (AvgIpc) is 0.738. The fourth-order valence-electron chi connectivity index (χ4n) is 18.6. The summed E-state index contributed by atoms with van der Waals surface area (Å²) in [4.78, 5) is 0. The molecule has 0 heterocycles. The molecule has 0 atom stereocenters. The average molecular weight is 1420 g/mol. The van der Waals surface area contributed by atoms with Gasteiger partial charge in [0.1, 0.15) is 0 Å². The van der Waals surface area contributed by atoms with Crippen LogP contribution in [-0.4, -0.2) is 0 Å². The van der Waals surface area contributed by atoms with E-state index in [4.69, 9.17) is 0 Å². The molecule has 518 valence electrons. The predicted molar refractivity (Wildman–Crippen MR) is 484 cm³/mol. The lowest BCUT2D eigenvalue weighted by Gasteiger charge is -2.18. The molecular formula is C112H70. The van der Waals surface area contributed by atoms with Crippen LogP contribution < -0.4 is 0 Å². The number of fused-ring (bicyclic) bond motifs is 17. The third-order valence-corrected chi connectivity index (χ3v) is 23.8. The van der Waals surface area contributed by atoms with Crippen molar-refractivity contribution in [2.45, 2.75) is 0 Å². The lowest BCUT2D eigenvalue weighted by molar-refractivity contribution is 1.63. The normalized spacial score (nSPS) is 11.8. The molecule has 112 heavy (non-hydrogen) atoms. The number of benzene rings is 23. The molecule has 0 heteroatoms. The van der Waals surface area contributed by atoms with Gasteiger partial charge in [0.15, 0.2) is 0 Å². The molecule has 23 aromatic rings. The van der Waals surface area contributed by atoms with E-state index < -0.39 is 0 Å². The summed E-state index contributed by atoms with van der Waals surface area (Å²) in [6, 6.07) is 157. The van der Waals surface area contributed by atoms with Gasteiger partial charge >= 0.3 is 0 Å². The van der Waals surface area contributed by atoms with Crippen molar-refractivity contribution in [3.05, 3.63) is 425 Å². The van der Waals surface area contributed by atoms with Gasteiger partial charge in [-0.05, 0) is 265 Å². The van der Waals surface area contributed by atoms with Gasteiger partial charge in [-0.2, -0.15) is 0 Å². The highest BCUT2D eigenvalue weighted by molar-refractivity contribution is 6.27. The molecule has 0 N–H and O–H groups in total. The zero-order valence-corrected chi connectivity index (χ0v) is 61.4. The second-order valence-electron chi connectivity index (χ2n) is 30.0. The Morgan fingerprint density at radius 1 is 0.0893 bits per heavy atom. The first-order chi connectivity index (χ1) is 55.5. The van der Waals surface area contributed by atoms with Gasteiger partial charge in [-0.25, -0.2) is 0 Å². The molecule has 23 aromatic carbocycles. The van der Waals surface area contributed by atoms with Gasteiger partial charge in [-0.1, -0.05) is 388 Å². The van der Waals surface area contributed by atoms with Crippen molar-refractivity contribution in [2.24, 2.45) is 0 Å². The lowest BCUT2D eigenvalue weighted by atomic mass is 9.85. The predicted octanol–water partition coefficient (Wildman–Crippen LogP) is 31.7. The SMILES string of the molecule is c1ccc2c(-c3ccc(-c4c5ccccc5c(-c5ccc6ccc(-c7cc8ccccc8c8ccccc78)cc6c5)c5ccccc45)cc3)cccc2c1.c1ccc2c(-c3ccc(-c4c5ccccc5c(-c5ccc6ccc(-c7ccc8c9ccccc9c9ccccc9c8c7)cc6c5)c5ccccc45)cc3)cccc2c1. The molecule has 0 unspecified atom stereocenters. The van der Waals surface area contributed by atoms with E-state index in [1.54, 1.807) is 0 Å². The van der Waals surface area contributed by atoms with Crippen LogP contribution in [0.4, 0.5) is 0 Å². The Kier molecular flexibility index (Phi) is 15.4. The molecule has 0 saturated heterocycles. The summed E-state index contributed by atoms with van der Waals surface area (Å²) < 4.78 is 0. The van der Waals surface area contributed by atoms with Gasteiger partial charge in [0.2, 0.25) is 0 Å². The summed E-state index contributed by atoms with van der Waals surface area (Å²) in [5.74, 6) is 0. The van der Waals surface area contributed by atoms with Crippen molar-refractivity contribution in [3.8, 4) is 89.0 Å². The third-order valence-electron chi connectivity index (χ3n) is 23.8. The maximum absolute atomic E-state index is 2.40. The molecule has 0 aliphatic heterocycles. The topological polar surface area (TPSA) is 0 Å². The first-order valence-electron chi connectivity index (χ1n) is 38.9. The highest BCUT2D eigenvalue weighted by Gasteiger charge is 2.22. The van der Waals surface area contributed by atoms with Crippen LogP contribution in [0.25, 0.3) is 229 Å². The van der Waals surface area contributed by atoms with E-state index in [9.17, 15) is 0 Å². The van der Waals surface area contributed by atoms with Crippen LogP contribution in [0.1, 0.15) is 0 Å². The van der Waals surface area contributed by atoms with E-state index in [1.807, 2.05) is 0 Å². The van der Waals surface area contributed by atoms with Crippen molar-refractivity contribution in [1.29, 1.82) is 0 Å². The van der Waals surface area contributed by atoms with Gasteiger partial charge in [0.05, 0.1) is 0 Å². The molecule has 0 amide bonds. The Morgan fingerprint density at radius 2 is 0.348 bits per heavy atom. The van der Waals surface area contributed by atoms with Crippen LogP contribution in [0.15, 0.2) is 425 Å². The maximum Gasteiger partial charge on any atom is -0.00262 e. The summed E-state index contributed by atoms with van der Waals surface area (Å²) in [6.45, 7) is 0. The fourth-order valence-corrected chi connectivity index (χ4v) is 18.6. The van der Waals surface area contributed by atoms with E-state index >= 15 is 0 Å². The Morgan fingerprint density at radius 3 is 0.777 bits per heavy atom. The van der Waals surface area contributed by atoms with Crippen LogP contribution in [0.5, 0.6) is 0 Å². The molecule has 0 bridgehead atoms. The van der Waals surface area contributed by atoms with Crippen LogP contribution in [0.3, 0.4) is 0 Å². The minimum atomic E-state index is 1.22. The van der Waals surface area contributed by atoms with Crippen LogP contribution in [0.2, 0.25) is 0 Å². The van der Waals surface area contributed by atoms with Gasteiger partial charge in [0.25, 0.3) is 0 Å². The lowest BCUT2D eigenvalue weighted by Crippen LogP contribution is -1.91. The monoisotopic (exact) mass is 1410 g/mol. The first-order valence-corrected chi connectivity index (χ1v) is 38.9. The van der Waals surface area contributed by atoms with Crippen LogP contribution in [-0.2, 0) is 0 Å². The minimum absolute atomic E-state index is 1.22. The zero-order valence-electron chi connectivity index (χ0n) is 61.4. The Bertz CT molecular complexity index is 7630. The summed E-state index contributed by atoms with van der Waals surface area (Å²) >= 11 is 0. The smallest absolute Gasteiger partial charge is 0.00262 e. The summed E-state index contributed by atoms with van der Waals surface area (Å²) in [5, 5.41) is 33.1. The summed E-state index contributed by atoms with van der Waals surface area (Å²) in [7, 11) is 0. The molecule has 0 aromatic heterocycles. The third kappa shape index (κ3) is 10.8. The van der Waals surface area contributed by atoms with Gasteiger partial charge in [-0.3, -0.25) is 0 Å². The summed E-state index contributed by atoms with van der Waals surface area (Å²) in [5.41, 5.74) is 20.0. The van der Waals surface area contributed by atoms with E-state index in [0.717, 1.165) is 0 Å². The van der Waals surface area contributed by atoms with Crippen molar-refractivity contribution in [3.63, 3.8) is 0 Å². The van der Waals surface area contributed by atoms with E-state index in [2.05, 4.69) is 425 Å². The Labute approximate surface area is 649 Å². The fraction of sp³-hybridized carbons (Fsp3) is 0. The van der Waals surface area contributed by atoms with Crippen LogP contribution >= 0.6 is 0 Å². The van der Waals surface area contributed by atoms with Crippen molar-refractivity contribution < 1.29 is 0 Å². The van der Waals surface area contributed by atoms with Crippen LogP contribution in [0, 0.1) is 0 Å². The molecule has 0 aliphatic rings. The minimum Gasteiger partial charge on any atom is -0.0616 e. The van der Waals surface area contributed by atoms with E-state index in [1.165, 1.54) is 229 Å². The molecule has 0 radical (unpaired) electrons. The molecule has 0 spiro atoms. The number of hydrogen-bond donors (Lipinski definition) is 0. The standard InChI is InChI=1S/C58H36.C54H34/c1-2-14-45-38(12-1)13-11-23-46(45)39-26-28-40(29-27-39)57-52-19-7-9-21-54(52)58(55-22-10-8-20-53(55)57)43-31-25-37-24-30-41(34-44(37)35-43)42-32-33-51-49-17-4-3-15-47(49)48-16-5-6-18-50(48)56(51)36-42;1-3-15-43-36(12-1)14-11-23-44(43)37-26-28-38(29-27-37)53-48-19-7-9-21-50(48)54(51-22-10-8-20-49(51)53)41-31-25-35-24-30-40(32-42(35)33-41)52-34-39-13-2-4-16-45(39)46-17-5-6-18-47(46)52/h1-36H;1-34H. The van der Waals surface area contributed by atoms with Crippen molar-refractivity contribution in [1.82, 2.24) is 0 Å². The number of rotatable bonds is 8. The number of hydrogen-bond acceptors (Lipinski definition) is 0. The summed E-state index contributed by atoms with van der Waals surface area (Å²) in [6.07, 6.45) is 0. The highest BCUT2D eigenvalue weighted by atomic mass is 14.2. The first kappa shape index (κ1) is 64.6. The quantitative estimate of drug-likeness (QED) is 0.105. The molecular weight excluding hydrogens is 1350 g/mol. The molecule has 23 rings (SSSR count). The Hall–Kier alpha value is -14.6. The van der Waals surface area contributed by atoms with Gasteiger partial charge in [-0.15, -0.1) is 0 Å². The second-order valence-corrected chi connectivity index (χ2v) is 30.0. The van der Waals surface area contributed by atoms with E-state index in [0.29, 0.717) is 0 Å². The second kappa shape index (κ2) is 26.7.